The zero-order chi connectivity index (χ0) is 22.5. The van der Waals surface area contributed by atoms with Crippen LogP contribution in [0.1, 0.15) is 22.3 Å². The smallest absolute Gasteiger partial charge is 0.260 e. The zero-order valence-corrected chi connectivity index (χ0v) is 15.6. The lowest BCUT2D eigenvalue weighted by molar-refractivity contribution is -0.143. The Labute approximate surface area is 173 Å². The average molecular weight is 433 g/mol. The van der Waals surface area contributed by atoms with E-state index in [1.54, 1.807) is 24.3 Å². The van der Waals surface area contributed by atoms with Crippen molar-refractivity contribution in [2.45, 2.75) is 12.4 Å². The van der Waals surface area contributed by atoms with Crippen LogP contribution in [0.15, 0.2) is 83.1 Å². The monoisotopic (exact) mass is 433 g/mol. The molecule has 0 amide bonds. The van der Waals surface area contributed by atoms with Crippen LogP contribution in [-0.4, -0.2) is 0 Å². The maximum atomic E-state index is 12.9. The first-order valence-corrected chi connectivity index (χ1v) is 8.75. The zero-order valence-electron chi connectivity index (χ0n) is 15.6. The van der Waals surface area contributed by atoms with Crippen LogP contribution >= 0.6 is 0 Å². The summed E-state index contributed by atoms with van der Waals surface area (Å²) < 4.78 is 77.6. The van der Waals surface area contributed by atoms with Crippen molar-refractivity contribution >= 4 is 11.4 Å². The molecule has 31 heavy (non-hydrogen) atoms. The molecule has 3 rings (SSSR count). The second-order valence-electron chi connectivity index (χ2n) is 6.24. The first kappa shape index (κ1) is 21.9. The molecule has 0 bridgehead atoms. The van der Waals surface area contributed by atoms with Gasteiger partial charge in [-0.15, -0.1) is 5.11 Å². The van der Waals surface area contributed by atoms with Crippen molar-refractivity contribution in [1.82, 2.24) is 0 Å². The molecule has 0 saturated heterocycles. The van der Waals surface area contributed by atoms with Gasteiger partial charge >= 0.3 is 12.4 Å². The maximum Gasteiger partial charge on any atom is 0.416 e. The molecular formula is C22H13F6N3. The first-order valence-electron chi connectivity index (χ1n) is 8.75. The van der Waals surface area contributed by atoms with Gasteiger partial charge in [-0.1, -0.05) is 47.4 Å². The second kappa shape index (κ2) is 8.92. The maximum absolute atomic E-state index is 12.9. The molecule has 0 aliphatic rings. The molecule has 0 atom stereocenters. The Morgan fingerprint density at radius 3 is 1.87 bits per heavy atom. The summed E-state index contributed by atoms with van der Waals surface area (Å²) in [6.45, 7) is 0. The van der Waals surface area contributed by atoms with Crippen LogP contribution in [0, 0.1) is 11.8 Å². The molecule has 0 aliphatic heterocycles. The van der Waals surface area contributed by atoms with E-state index in [-0.39, 0.29) is 6.07 Å². The largest absolute Gasteiger partial charge is 0.416 e. The molecule has 0 aliphatic carbocycles. The van der Waals surface area contributed by atoms with Gasteiger partial charge < -0.3 is 0 Å². The van der Waals surface area contributed by atoms with Gasteiger partial charge in [0.05, 0.1) is 22.4 Å². The number of benzene rings is 3. The van der Waals surface area contributed by atoms with Gasteiger partial charge in [0.25, 0.3) is 0 Å². The number of rotatable bonds is 3. The fraction of sp³-hybridized carbons (Fsp3) is 0.0909. The number of anilines is 1. The normalized spacial score (nSPS) is 11.8. The summed E-state index contributed by atoms with van der Waals surface area (Å²) in [6.07, 6.45) is -9.90. The third-order valence-corrected chi connectivity index (χ3v) is 3.94. The molecule has 0 radical (unpaired) electrons. The molecule has 9 heteroatoms. The number of nitrogens with one attached hydrogen (secondary N) is 1. The fourth-order valence-electron chi connectivity index (χ4n) is 2.48. The highest BCUT2D eigenvalue weighted by molar-refractivity contribution is 5.56. The van der Waals surface area contributed by atoms with Crippen LogP contribution < -0.4 is 5.43 Å². The molecule has 0 saturated carbocycles. The second-order valence-corrected chi connectivity index (χ2v) is 6.24. The van der Waals surface area contributed by atoms with Crippen LogP contribution in [0.4, 0.5) is 37.7 Å². The lowest BCUT2D eigenvalue weighted by Gasteiger charge is -2.13. The van der Waals surface area contributed by atoms with Crippen molar-refractivity contribution in [3.05, 3.63) is 95.1 Å². The standard InChI is InChI=1S/C22H13F6N3/c23-21(24,25)17-12-18(22(26,27)28)14-19(13-17)29-31-30-20-9-5-4-8-16(20)11-10-15-6-2-1-3-7-15/h1-9,12-14H,(H,29,30). The Kier molecular flexibility index (Phi) is 6.30. The SMILES string of the molecule is FC(F)(F)c1cc(NN=Nc2ccccc2C#Cc2ccccc2)cc(C(F)(F)F)c1. The Bertz CT molecular complexity index is 1110. The van der Waals surface area contributed by atoms with E-state index < -0.39 is 29.2 Å². The van der Waals surface area contributed by atoms with Gasteiger partial charge in [0, 0.05) is 5.56 Å². The van der Waals surface area contributed by atoms with Crippen LogP contribution in [-0.2, 0) is 12.4 Å². The van der Waals surface area contributed by atoms with Crippen LogP contribution in [0.2, 0.25) is 0 Å². The molecule has 0 heterocycles. The summed E-state index contributed by atoms with van der Waals surface area (Å²) in [5.41, 5.74) is 0.265. The van der Waals surface area contributed by atoms with E-state index in [2.05, 4.69) is 27.6 Å². The molecule has 0 spiro atoms. The molecule has 3 aromatic rings. The van der Waals surface area contributed by atoms with Gasteiger partial charge in [0.2, 0.25) is 0 Å². The number of nitrogens with zero attached hydrogens (tertiary/aromatic N) is 2. The number of hydrogen-bond donors (Lipinski definition) is 1. The molecule has 0 aromatic heterocycles. The lowest BCUT2D eigenvalue weighted by Crippen LogP contribution is -2.11. The van der Waals surface area contributed by atoms with Gasteiger partial charge in [-0.2, -0.15) is 26.3 Å². The first-order chi connectivity index (χ1) is 14.6. The topological polar surface area (TPSA) is 36.8 Å². The van der Waals surface area contributed by atoms with Crippen molar-refractivity contribution in [3.63, 3.8) is 0 Å². The van der Waals surface area contributed by atoms with Crippen molar-refractivity contribution in [3.8, 4) is 11.8 Å². The Balaban J connectivity index is 1.85. The highest BCUT2D eigenvalue weighted by Gasteiger charge is 2.36. The quantitative estimate of drug-likeness (QED) is 0.201. The molecule has 1 N–H and O–H groups in total. The van der Waals surface area contributed by atoms with Gasteiger partial charge in [0.15, 0.2) is 0 Å². The summed E-state index contributed by atoms with van der Waals surface area (Å²) in [7, 11) is 0. The third-order valence-electron chi connectivity index (χ3n) is 3.94. The number of halogens is 6. The Morgan fingerprint density at radius 1 is 0.677 bits per heavy atom. The van der Waals surface area contributed by atoms with E-state index in [0.29, 0.717) is 23.4 Å². The number of hydrogen-bond acceptors (Lipinski definition) is 2. The summed E-state index contributed by atoms with van der Waals surface area (Å²) >= 11 is 0. The third kappa shape index (κ3) is 6.09. The highest BCUT2D eigenvalue weighted by atomic mass is 19.4. The van der Waals surface area contributed by atoms with Gasteiger partial charge in [-0.25, -0.2) is 0 Å². The molecule has 158 valence electrons. The van der Waals surface area contributed by atoms with E-state index in [9.17, 15) is 26.3 Å². The van der Waals surface area contributed by atoms with Crippen LogP contribution in [0.25, 0.3) is 0 Å². The van der Waals surface area contributed by atoms with Crippen molar-refractivity contribution < 1.29 is 26.3 Å². The number of alkyl halides is 6. The van der Waals surface area contributed by atoms with Crippen LogP contribution in [0.3, 0.4) is 0 Å². The summed E-state index contributed by atoms with van der Waals surface area (Å²) in [4.78, 5) is 0. The van der Waals surface area contributed by atoms with Crippen LogP contribution in [0.5, 0.6) is 0 Å². The van der Waals surface area contributed by atoms with E-state index in [4.69, 9.17) is 0 Å². The van der Waals surface area contributed by atoms with Gasteiger partial charge in [-0.3, -0.25) is 5.43 Å². The highest BCUT2D eigenvalue weighted by Crippen LogP contribution is 2.37. The van der Waals surface area contributed by atoms with Gasteiger partial charge in [0.1, 0.15) is 5.69 Å². The predicted molar refractivity (Wildman–Crippen MR) is 103 cm³/mol. The minimum atomic E-state index is -4.95. The minimum Gasteiger partial charge on any atom is -0.260 e. The van der Waals surface area contributed by atoms with Crippen molar-refractivity contribution in [2.24, 2.45) is 10.3 Å². The lowest BCUT2D eigenvalue weighted by atomic mass is 10.1. The Morgan fingerprint density at radius 2 is 1.26 bits per heavy atom. The summed E-state index contributed by atoms with van der Waals surface area (Å²) in [5, 5.41) is 7.39. The molecule has 3 aromatic carbocycles. The predicted octanol–water partition coefficient (Wildman–Crippen LogP) is 7.23. The molecule has 3 nitrogen and oxygen atoms in total. The summed E-state index contributed by atoms with van der Waals surface area (Å²) in [6, 6.07) is 16.8. The van der Waals surface area contributed by atoms with Crippen molar-refractivity contribution in [2.75, 3.05) is 5.43 Å². The van der Waals surface area contributed by atoms with E-state index in [0.717, 1.165) is 5.56 Å². The van der Waals surface area contributed by atoms with Gasteiger partial charge in [-0.05, 0) is 42.5 Å². The molecule has 0 fully saturated rings. The Hall–Kier alpha value is -3.80. The summed E-state index contributed by atoms with van der Waals surface area (Å²) in [5.74, 6) is 5.84. The van der Waals surface area contributed by atoms with Crippen molar-refractivity contribution in [1.29, 1.82) is 0 Å². The molecular weight excluding hydrogens is 420 g/mol. The molecule has 0 unspecified atom stereocenters. The fourth-order valence-corrected chi connectivity index (χ4v) is 2.48. The van der Waals surface area contributed by atoms with E-state index >= 15 is 0 Å². The van der Waals surface area contributed by atoms with E-state index in [1.807, 2.05) is 30.3 Å². The minimum absolute atomic E-state index is 0.0385. The van der Waals surface area contributed by atoms with E-state index in [1.165, 1.54) is 0 Å². The average Bonchev–Trinajstić information content (AvgIpc) is 2.72.